The summed E-state index contributed by atoms with van der Waals surface area (Å²) in [5, 5.41) is 19.9. The topological polar surface area (TPSA) is 70.9 Å². The molecular weight excluding hydrogens is 216 g/mol. The Morgan fingerprint density at radius 3 is 2.65 bits per heavy atom. The van der Waals surface area contributed by atoms with Gasteiger partial charge in [-0.3, -0.25) is 4.98 Å². The number of pyridine rings is 1. The maximum Gasteiger partial charge on any atom is 0.148 e. The third kappa shape index (κ3) is 3.22. The van der Waals surface area contributed by atoms with Gasteiger partial charge in [-0.25, -0.2) is 0 Å². The standard InChI is InChI=1S/C12H14N4O/c17-9-3-8-14-12-6-5-11(15-16-12)10-4-1-2-7-13-10/h1-2,4-7,17H,3,8-9H2,(H,14,16). The Morgan fingerprint density at radius 1 is 1.06 bits per heavy atom. The summed E-state index contributed by atoms with van der Waals surface area (Å²) in [7, 11) is 0. The van der Waals surface area contributed by atoms with E-state index in [1.807, 2.05) is 30.3 Å². The van der Waals surface area contributed by atoms with E-state index in [9.17, 15) is 0 Å². The predicted octanol–water partition coefficient (Wildman–Crippen LogP) is 1.33. The summed E-state index contributed by atoms with van der Waals surface area (Å²) in [6.07, 6.45) is 2.42. The highest BCUT2D eigenvalue weighted by atomic mass is 16.3. The summed E-state index contributed by atoms with van der Waals surface area (Å²) in [4.78, 5) is 4.20. The number of aliphatic hydroxyl groups is 1. The molecule has 88 valence electrons. The molecule has 0 saturated carbocycles. The molecule has 0 aliphatic carbocycles. The third-order valence-electron chi connectivity index (χ3n) is 2.23. The molecule has 2 rings (SSSR count). The summed E-state index contributed by atoms with van der Waals surface area (Å²) >= 11 is 0. The van der Waals surface area contributed by atoms with E-state index in [0.717, 1.165) is 11.4 Å². The van der Waals surface area contributed by atoms with E-state index in [2.05, 4.69) is 20.5 Å². The first-order valence-corrected chi connectivity index (χ1v) is 5.50. The van der Waals surface area contributed by atoms with Gasteiger partial charge >= 0.3 is 0 Å². The van der Waals surface area contributed by atoms with E-state index < -0.39 is 0 Å². The van der Waals surface area contributed by atoms with E-state index in [-0.39, 0.29) is 6.61 Å². The fraction of sp³-hybridized carbons (Fsp3) is 0.250. The van der Waals surface area contributed by atoms with Crippen LogP contribution in [0.4, 0.5) is 5.82 Å². The highest BCUT2D eigenvalue weighted by Crippen LogP contribution is 2.13. The summed E-state index contributed by atoms with van der Waals surface area (Å²) in [6, 6.07) is 9.40. The van der Waals surface area contributed by atoms with Gasteiger partial charge in [0.2, 0.25) is 0 Å². The maximum absolute atomic E-state index is 8.65. The van der Waals surface area contributed by atoms with Crippen LogP contribution in [0, 0.1) is 0 Å². The van der Waals surface area contributed by atoms with Crippen LogP contribution >= 0.6 is 0 Å². The molecule has 0 unspecified atom stereocenters. The Bertz CT molecular complexity index is 444. The zero-order chi connectivity index (χ0) is 11.9. The molecule has 0 saturated heterocycles. The molecule has 17 heavy (non-hydrogen) atoms. The minimum absolute atomic E-state index is 0.173. The summed E-state index contributed by atoms with van der Waals surface area (Å²) in [5.41, 5.74) is 1.56. The number of nitrogens with one attached hydrogen (secondary N) is 1. The molecule has 0 radical (unpaired) electrons. The van der Waals surface area contributed by atoms with Crippen molar-refractivity contribution in [1.82, 2.24) is 15.2 Å². The van der Waals surface area contributed by atoms with Crippen LogP contribution in [0.1, 0.15) is 6.42 Å². The van der Waals surface area contributed by atoms with Crippen molar-refractivity contribution in [2.24, 2.45) is 0 Å². The molecule has 2 aromatic heterocycles. The molecule has 0 aliphatic heterocycles. The molecular formula is C12H14N4O. The van der Waals surface area contributed by atoms with Crippen LogP contribution in [0.5, 0.6) is 0 Å². The molecule has 0 atom stereocenters. The molecule has 0 fully saturated rings. The lowest BCUT2D eigenvalue weighted by Gasteiger charge is -2.04. The highest BCUT2D eigenvalue weighted by Gasteiger charge is 2.00. The monoisotopic (exact) mass is 230 g/mol. The summed E-state index contributed by atoms with van der Waals surface area (Å²) in [6.45, 7) is 0.862. The van der Waals surface area contributed by atoms with Gasteiger partial charge in [0.05, 0.1) is 5.69 Å². The third-order valence-corrected chi connectivity index (χ3v) is 2.23. The molecule has 5 heteroatoms. The molecule has 0 spiro atoms. The van der Waals surface area contributed by atoms with Crippen molar-refractivity contribution in [2.45, 2.75) is 6.42 Å². The molecule has 5 nitrogen and oxygen atoms in total. The quantitative estimate of drug-likeness (QED) is 0.758. The van der Waals surface area contributed by atoms with Crippen molar-refractivity contribution in [2.75, 3.05) is 18.5 Å². The van der Waals surface area contributed by atoms with E-state index in [4.69, 9.17) is 5.11 Å². The van der Waals surface area contributed by atoms with Gasteiger partial charge in [-0.2, -0.15) is 0 Å². The second-order valence-corrected chi connectivity index (χ2v) is 3.52. The van der Waals surface area contributed by atoms with Gasteiger partial charge in [0, 0.05) is 19.3 Å². The van der Waals surface area contributed by atoms with Crippen molar-refractivity contribution >= 4 is 5.82 Å². The Balaban J connectivity index is 2.03. The Kier molecular flexibility index (Phi) is 3.99. The van der Waals surface area contributed by atoms with Crippen molar-refractivity contribution < 1.29 is 5.11 Å². The van der Waals surface area contributed by atoms with Crippen molar-refractivity contribution in [3.05, 3.63) is 36.5 Å². The van der Waals surface area contributed by atoms with Gasteiger partial charge in [0.1, 0.15) is 11.5 Å². The number of aliphatic hydroxyl groups excluding tert-OH is 1. The van der Waals surface area contributed by atoms with Crippen LogP contribution in [-0.4, -0.2) is 33.4 Å². The van der Waals surface area contributed by atoms with E-state index in [1.54, 1.807) is 6.20 Å². The van der Waals surface area contributed by atoms with Gasteiger partial charge < -0.3 is 10.4 Å². The minimum atomic E-state index is 0.173. The van der Waals surface area contributed by atoms with Crippen molar-refractivity contribution in [1.29, 1.82) is 0 Å². The number of anilines is 1. The predicted molar refractivity (Wildman–Crippen MR) is 65.5 cm³/mol. The second kappa shape index (κ2) is 5.91. The number of aromatic nitrogens is 3. The van der Waals surface area contributed by atoms with E-state index in [1.165, 1.54) is 0 Å². The first-order chi connectivity index (χ1) is 8.40. The zero-order valence-electron chi connectivity index (χ0n) is 9.37. The number of hydrogen-bond acceptors (Lipinski definition) is 5. The van der Waals surface area contributed by atoms with Gasteiger partial charge in [-0.15, -0.1) is 10.2 Å². The number of rotatable bonds is 5. The normalized spacial score (nSPS) is 10.2. The van der Waals surface area contributed by atoms with Crippen molar-refractivity contribution in [3.8, 4) is 11.4 Å². The van der Waals surface area contributed by atoms with Crippen LogP contribution in [0.15, 0.2) is 36.5 Å². The molecule has 2 aromatic rings. The molecule has 2 N–H and O–H groups in total. The maximum atomic E-state index is 8.65. The van der Waals surface area contributed by atoms with Gasteiger partial charge in [0.25, 0.3) is 0 Å². The van der Waals surface area contributed by atoms with E-state index in [0.29, 0.717) is 18.8 Å². The van der Waals surface area contributed by atoms with Crippen molar-refractivity contribution in [3.63, 3.8) is 0 Å². The van der Waals surface area contributed by atoms with Crippen LogP contribution in [-0.2, 0) is 0 Å². The fourth-order valence-electron chi connectivity index (χ4n) is 1.37. The fourth-order valence-corrected chi connectivity index (χ4v) is 1.37. The number of hydrogen-bond donors (Lipinski definition) is 2. The Labute approximate surface area is 99.6 Å². The second-order valence-electron chi connectivity index (χ2n) is 3.52. The highest BCUT2D eigenvalue weighted by molar-refractivity contribution is 5.54. The molecule has 0 amide bonds. The minimum Gasteiger partial charge on any atom is -0.396 e. The first-order valence-electron chi connectivity index (χ1n) is 5.50. The van der Waals surface area contributed by atoms with E-state index >= 15 is 0 Å². The average molecular weight is 230 g/mol. The summed E-state index contributed by atoms with van der Waals surface area (Å²) < 4.78 is 0. The first kappa shape index (κ1) is 11.5. The van der Waals surface area contributed by atoms with Gasteiger partial charge in [0.15, 0.2) is 0 Å². The largest absolute Gasteiger partial charge is 0.396 e. The van der Waals surface area contributed by atoms with Crippen LogP contribution in [0.25, 0.3) is 11.4 Å². The van der Waals surface area contributed by atoms with Gasteiger partial charge in [-0.05, 0) is 30.7 Å². The Morgan fingerprint density at radius 2 is 2.00 bits per heavy atom. The lowest BCUT2D eigenvalue weighted by molar-refractivity contribution is 0.292. The average Bonchev–Trinajstić information content (AvgIpc) is 2.41. The molecule has 0 aromatic carbocycles. The SMILES string of the molecule is OCCCNc1ccc(-c2ccccn2)nn1. The van der Waals surface area contributed by atoms with Crippen LogP contribution < -0.4 is 5.32 Å². The molecule has 2 heterocycles. The number of nitrogens with zero attached hydrogens (tertiary/aromatic N) is 3. The lowest BCUT2D eigenvalue weighted by Crippen LogP contribution is -2.05. The molecule has 0 bridgehead atoms. The zero-order valence-corrected chi connectivity index (χ0v) is 9.37. The summed E-state index contributed by atoms with van der Waals surface area (Å²) in [5.74, 6) is 0.707. The van der Waals surface area contributed by atoms with Crippen LogP contribution in [0.3, 0.4) is 0 Å². The smallest absolute Gasteiger partial charge is 0.148 e. The lowest BCUT2D eigenvalue weighted by atomic mass is 10.2. The van der Waals surface area contributed by atoms with Gasteiger partial charge in [-0.1, -0.05) is 6.07 Å². The molecule has 0 aliphatic rings. The Hall–Kier alpha value is -2.01. The van der Waals surface area contributed by atoms with Crippen LogP contribution in [0.2, 0.25) is 0 Å².